The minimum atomic E-state index is -0.530. The van der Waals surface area contributed by atoms with E-state index in [2.05, 4.69) is 20.5 Å². The maximum absolute atomic E-state index is 13.0. The van der Waals surface area contributed by atoms with Gasteiger partial charge in [0.05, 0.1) is 18.6 Å². The second kappa shape index (κ2) is 10.5. The number of methoxy groups -OCH3 is 1. The Bertz CT molecular complexity index is 1210. The fraction of sp³-hybridized carbons (Fsp3) is 0.182. The van der Waals surface area contributed by atoms with Crippen molar-refractivity contribution in [3.63, 3.8) is 0 Å². The lowest BCUT2D eigenvalue weighted by Gasteiger charge is -2.10. The summed E-state index contributed by atoms with van der Waals surface area (Å²) in [6.45, 7) is 1.74. The van der Waals surface area contributed by atoms with Gasteiger partial charge in [0.1, 0.15) is 17.3 Å². The van der Waals surface area contributed by atoms with Crippen molar-refractivity contribution in [3.8, 4) is 22.8 Å². The van der Waals surface area contributed by atoms with Gasteiger partial charge >= 0.3 is 0 Å². The van der Waals surface area contributed by atoms with Crippen LogP contribution < -0.4 is 14.8 Å². The van der Waals surface area contributed by atoms with Crippen molar-refractivity contribution in [2.24, 2.45) is 0 Å². The van der Waals surface area contributed by atoms with E-state index in [1.165, 1.54) is 35.6 Å². The summed E-state index contributed by atoms with van der Waals surface area (Å²) in [6, 6.07) is 13.2. The normalized spacial score (nSPS) is 11.7. The first-order valence-corrected chi connectivity index (χ1v) is 11.6. The van der Waals surface area contributed by atoms with Gasteiger partial charge in [-0.1, -0.05) is 11.8 Å². The average molecular weight is 487 g/mol. The van der Waals surface area contributed by atoms with Gasteiger partial charge in [0.15, 0.2) is 11.2 Å². The number of carbonyl (C=O) groups is 1. The molecule has 0 aliphatic carbocycles. The molecule has 170 valence electrons. The van der Waals surface area contributed by atoms with Gasteiger partial charge in [0.2, 0.25) is 5.91 Å². The zero-order valence-electron chi connectivity index (χ0n) is 17.6. The summed E-state index contributed by atoms with van der Waals surface area (Å²) < 4.78 is 29.4. The summed E-state index contributed by atoms with van der Waals surface area (Å²) in [7, 11) is 1.61. The van der Waals surface area contributed by atoms with Crippen molar-refractivity contribution in [1.82, 2.24) is 15.2 Å². The number of nitrogens with zero attached hydrogens (tertiary/aromatic N) is 3. The van der Waals surface area contributed by atoms with Crippen LogP contribution in [-0.4, -0.2) is 34.0 Å². The number of amides is 1. The number of rotatable bonds is 9. The van der Waals surface area contributed by atoms with Crippen LogP contribution in [0.1, 0.15) is 18.9 Å². The van der Waals surface area contributed by atoms with E-state index < -0.39 is 6.10 Å². The number of aromatic nitrogens is 3. The number of hydrogen-bond donors (Lipinski definition) is 1. The van der Waals surface area contributed by atoms with Gasteiger partial charge in [-0.05, 0) is 55.5 Å². The quantitative estimate of drug-likeness (QED) is 0.322. The summed E-state index contributed by atoms with van der Waals surface area (Å²) in [5.74, 6) is 0.983. The predicted molar refractivity (Wildman–Crippen MR) is 123 cm³/mol. The van der Waals surface area contributed by atoms with Crippen molar-refractivity contribution >= 4 is 34.1 Å². The third-order valence-electron chi connectivity index (χ3n) is 4.36. The standard InChI is InChI=1S/C22H19FN4O4S2/c1-13(30-17-9-5-15(23)6-10-17)20-26-27-22(31-20)33-12-19(28)25-21-24-18(11-32-21)14-3-7-16(29-2)8-4-14/h3-11,13H,12H2,1-2H3,(H,24,25,28)/t13-/m0/s1. The summed E-state index contributed by atoms with van der Waals surface area (Å²) in [5.41, 5.74) is 1.69. The number of thiazole rings is 1. The van der Waals surface area contributed by atoms with Crippen molar-refractivity contribution in [3.05, 3.63) is 65.6 Å². The molecule has 0 radical (unpaired) electrons. The molecule has 0 saturated heterocycles. The highest BCUT2D eigenvalue weighted by Crippen LogP contribution is 2.27. The van der Waals surface area contributed by atoms with E-state index in [1.807, 2.05) is 29.6 Å². The molecule has 1 amide bonds. The highest BCUT2D eigenvalue weighted by molar-refractivity contribution is 7.99. The van der Waals surface area contributed by atoms with E-state index in [0.29, 0.717) is 10.9 Å². The van der Waals surface area contributed by atoms with Crippen LogP contribution in [0.2, 0.25) is 0 Å². The SMILES string of the molecule is COc1ccc(-c2csc(NC(=O)CSc3nnc([C@H](C)Oc4ccc(F)cc4)o3)n2)cc1. The van der Waals surface area contributed by atoms with Gasteiger partial charge in [0, 0.05) is 10.9 Å². The van der Waals surface area contributed by atoms with Crippen molar-refractivity contribution in [1.29, 1.82) is 0 Å². The van der Waals surface area contributed by atoms with E-state index >= 15 is 0 Å². The first-order valence-electron chi connectivity index (χ1n) is 9.78. The Morgan fingerprint density at radius 1 is 1.15 bits per heavy atom. The third-order valence-corrected chi connectivity index (χ3v) is 5.94. The fourth-order valence-corrected chi connectivity index (χ4v) is 4.02. The Morgan fingerprint density at radius 3 is 2.61 bits per heavy atom. The Hall–Kier alpha value is -3.44. The molecule has 0 aliphatic rings. The van der Waals surface area contributed by atoms with E-state index in [-0.39, 0.29) is 28.6 Å². The van der Waals surface area contributed by atoms with Crippen LogP contribution in [0.5, 0.6) is 11.5 Å². The number of anilines is 1. The first-order chi connectivity index (χ1) is 16.0. The molecule has 0 spiro atoms. The molecule has 4 rings (SSSR count). The van der Waals surface area contributed by atoms with Crippen LogP contribution >= 0.6 is 23.1 Å². The largest absolute Gasteiger partial charge is 0.497 e. The number of thioether (sulfide) groups is 1. The first kappa shape index (κ1) is 22.7. The smallest absolute Gasteiger partial charge is 0.277 e. The van der Waals surface area contributed by atoms with Gasteiger partial charge in [-0.3, -0.25) is 4.79 Å². The van der Waals surface area contributed by atoms with Gasteiger partial charge in [-0.2, -0.15) is 0 Å². The van der Waals surface area contributed by atoms with E-state index in [0.717, 1.165) is 28.8 Å². The van der Waals surface area contributed by atoms with E-state index in [9.17, 15) is 9.18 Å². The predicted octanol–water partition coefficient (Wildman–Crippen LogP) is 5.21. The monoisotopic (exact) mass is 486 g/mol. The minimum absolute atomic E-state index is 0.0757. The minimum Gasteiger partial charge on any atom is -0.497 e. The van der Waals surface area contributed by atoms with Gasteiger partial charge in [-0.15, -0.1) is 21.5 Å². The van der Waals surface area contributed by atoms with Gasteiger partial charge in [0.25, 0.3) is 11.1 Å². The maximum Gasteiger partial charge on any atom is 0.277 e. The molecular weight excluding hydrogens is 467 g/mol. The number of benzene rings is 2. The Kier molecular flexibility index (Phi) is 7.20. The molecule has 0 unspecified atom stereocenters. The number of hydrogen-bond acceptors (Lipinski definition) is 9. The van der Waals surface area contributed by atoms with Crippen LogP contribution in [0, 0.1) is 5.82 Å². The lowest BCUT2D eigenvalue weighted by molar-refractivity contribution is -0.113. The molecule has 1 N–H and O–H groups in total. The van der Waals surface area contributed by atoms with Crippen molar-refractivity contribution < 1.29 is 23.1 Å². The average Bonchev–Trinajstić information content (AvgIpc) is 3.49. The molecule has 0 aliphatic heterocycles. The number of halogens is 1. The molecule has 33 heavy (non-hydrogen) atoms. The van der Waals surface area contributed by atoms with E-state index in [1.54, 1.807) is 14.0 Å². The summed E-state index contributed by atoms with van der Waals surface area (Å²) in [4.78, 5) is 16.7. The number of carbonyl (C=O) groups excluding carboxylic acids is 1. The zero-order valence-corrected chi connectivity index (χ0v) is 19.3. The Balaban J connectivity index is 1.27. The fourth-order valence-electron chi connectivity index (χ4n) is 2.72. The van der Waals surface area contributed by atoms with Crippen molar-refractivity contribution in [2.45, 2.75) is 18.3 Å². The lowest BCUT2D eigenvalue weighted by atomic mass is 10.2. The van der Waals surface area contributed by atoms with Crippen LogP contribution in [0.15, 0.2) is 63.6 Å². The molecule has 2 aromatic carbocycles. The maximum atomic E-state index is 13.0. The molecule has 2 aromatic heterocycles. The van der Waals surface area contributed by atoms with Gasteiger partial charge in [-0.25, -0.2) is 9.37 Å². The summed E-state index contributed by atoms with van der Waals surface area (Å²) >= 11 is 2.45. The van der Waals surface area contributed by atoms with E-state index in [4.69, 9.17) is 13.9 Å². The molecule has 0 bridgehead atoms. The molecule has 1 atom stereocenters. The van der Waals surface area contributed by atoms with Crippen LogP contribution in [0.3, 0.4) is 0 Å². The molecule has 8 nitrogen and oxygen atoms in total. The Labute approximate surface area is 197 Å². The number of nitrogens with one attached hydrogen (secondary N) is 1. The van der Waals surface area contributed by atoms with Crippen LogP contribution in [0.25, 0.3) is 11.3 Å². The lowest BCUT2D eigenvalue weighted by Crippen LogP contribution is -2.13. The van der Waals surface area contributed by atoms with Crippen molar-refractivity contribution in [2.75, 3.05) is 18.2 Å². The molecule has 4 aromatic rings. The van der Waals surface area contributed by atoms with Crippen LogP contribution in [0.4, 0.5) is 9.52 Å². The Morgan fingerprint density at radius 2 is 1.88 bits per heavy atom. The molecule has 2 heterocycles. The highest BCUT2D eigenvalue weighted by atomic mass is 32.2. The molecule has 11 heteroatoms. The highest BCUT2D eigenvalue weighted by Gasteiger charge is 2.17. The molecule has 0 fully saturated rings. The summed E-state index contributed by atoms with van der Waals surface area (Å²) in [6.07, 6.45) is -0.530. The third kappa shape index (κ3) is 6.08. The second-order valence-corrected chi connectivity index (χ2v) is 8.51. The topological polar surface area (TPSA) is 99.4 Å². The van der Waals surface area contributed by atoms with Gasteiger partial charge < -0.3 is 19.2 Å². The molecular formula is C22H19FN4O4S2. The second-order valence-electron chi connectivity index (χ2n) is 6.72. The number of ether oxygens (including phenoxy) is 2. The zero-order chi connectivity index (χ0) is 23.2. The molecule has 0 saturated carbocycles. The van der Waals surface area contributed by atoms with Crippen LogP contribution in [-0.2, 0) is 4.79 Å². The summed E-state index contributed by atoms with van der Waals surface area (Å²) in [5, 5.41) is 13.3.